The van der Waals surface area contributed by atoms with Crippen molar-refractivity contribution >= 4 is 5.97 Å². The van der Waals surface area contributed by atoms with Gasteiger partial charge < -0.3 is 9.84 Å². The third-order valence-electron chi connectivity index (χ3n) is 4.23. The SMILES string of the molecule is CCOC(=O)c1cccc(C(O)CC(F)(F)C(F)(F)C(F)(F)C(F)(F)C(F)(F)C(F)(F)F)c1. The van der Waals surface area contributed by atoms with Crippen LogP contribution in [0.25, 0.3) is 0 Å². The second-order valence-electron chi connectivity index (χ2n) is 6.57. The van der Waals surface area contributed by atoms with E-state index in [1.54, 1.807) is 0 Å². The summed E-state index contributed by atoms with van der Waals surface area (Å²) in [6.07, 6.45) is -13.2. The zero-order chi connectivity index (χ0) is 26.3. The Balaban J connectivity index is 3.33. The summed E-state index contributed by atoms with van der Waals surface area (Å²) in [7, 11) is 0. The molecular formula is C17H13F13O3. The Morgan fingerprint density at radius 3 is 1.79 bits per heavy atom. The van der Waals surface area contributed by atoms with Crippen molar-refractivity contribution in [2.45, 2.75) is 55.2 Å². The van der Waals surface area contributed by atoms with E-state index in [-0.39, 0.29) is 6.61 Å². The van der Waals surface area contributed by atoms with E-state index < -0.39 is 65.4 Å². The summed E-state index contributed by atoms with van der Waals surface area (Å²) in [6, 6.07) is 3.19. The maximum absolute atomic E-state index is 13.9. The van der Waals surface area contributed by atoms with Crippen LogP contribution in [0.4, 0.5) is 57.1 Å². The normalized spacial score (nSPS) is 15.4. The van der Waals surface area contributed by atoms with Crippen LogP contribution in [0, 0.1) is 0 Å². The van der Waals surface area contributed by atoms with Crippen LogP contribution in [0.3, 0.4) is 0 Å². The predicted molar refractivity (Wildman–Crippen MR) is 82.8 cm³/mol. The van der Waals surface area contributed by atoms with Gasteiger partial charge in [0.15, 0.2) is 0 Å². The van der Waals surface area contributed by atoms with Gasteiger partial charge in [0.1, 0.15) is 0 Å². The summed E-state index contributed by atoms with van der Waals surface area (Å²) in [4.78, 5) is 11.6. The average Bonchev–Trinajstić information content (AvgIpc) is 2.66. The summed E-state index contributed by atoms with van der Waals surface area (Å²) in [6.45, 7) is 1.18. The third kappa shape index (κ3) is 4.84. The quantitative estimate of drug-likeness (QED) is 0.325. The molecule has 0 aliphatic heterocycles. The van der Waals surface area contributed by atoms with E-state index in [1.165, 1.54) is 6.92 Å². The molecule has 1 rings (SSSR count). The van der Waals surface area contributed by atoms with Gasteiger partial charge in [0, 0.05) is 6.42 Å². The molecule has 1 unspecified atom stereocenters. The van der Waals surface area contributed by atoms with Crippen molar-refractivity contribution in [1.82, 2.24) is 0 Å². The molecule has 0 saturated carbocycles. The van der Waals surface area contributed by atoms with Crippen LogP contribution in [0.5, 0.6) is 0 Å². The summed E-state index contributed by atoms with van der Waals surface area (Å²) < 4.78 is 175. The van der Waals surface area contributed by atoms with Gasteiger partial charge in [0.25, 0.3) is 0 Å². The maximum atomic E-state index is 13.9. The molecule has 0 saturated heterocycles. The fourth-order valence-corrected chi connectivity index (χ4v) is 2.38. The number of alkyl halides is 13. The number of ether oxygens (including phenoxy) is 1. The molecule has 0 aliphatic carbocycles. The van der Waals surface area contributed by atoms with Crippen LogP contribution in [0.15, 0.2) is 24.3 Å². The van der Waals surface area contributed by atoms with Crippen molar-refractivity contribution in [3.63, 3.8) is 0 Å². The summed E-state index contributed by atoms with van der Waals surface area (Å²) >= 11 is 0. The lowest BCUT2D eigenvalue weighted by Crippen LogP contribution is -2.70. The third-order valence-corrected chi connectivity index (χ3v) is 4.23. The Kier molecular flexibility index (Phi) is 7.70. The number of halogens is 13. The molecule has 0 heterocycles. The van der Waals surface area contributed by atoms with Crippen LogP contribution >= 0.6 is 0 Å². The fourth-order valence-electron chi connectivity index (χ4n) is 2.38. The smallest absolute Gasteiger partial charge is 0.460 e. The van der Waals surface area contributed by atoms with Crippen molar-refractivity contribution in [2.75, 3.05) is 6.61 Å². The van der Waals surface area contributed by atoms with Crippen molar-refractivity contribution < 1.29 is 71.7 Å². The predicted octanol–water partition coefficient (Wildman–Crippen LogP) is 6.03. The number of esters is 1. The zero-order valence-corrected chi connectivity index (χ0v) is 16.0. The van der Waals surface area contributed by atoms with E-state index >= 15 is 0 Å². The Bertz CT molecular complexity index is 849. The second-order valence-corrected chi connectivity index (χ2v) is 6.57. The number of aliphatic hydroxyl groups is 1. The first-order valence-electron chi connectivity index (χ1n) is 8.49. The summed E-state index contributed by atoms with van der Waals surface area (Å²) in [5.41, 5.74) is -1.25. The van der Waals surface area contributed by atoms with Crippen molar-refractivity contribution in [3.05, 3.63) is 35.4 Å². The lowest BCUT2D eigenvalue weighted by Gasteiger charge is -2.40. The molecule has 1 aromatic carbocycles. The van der Waals surface area contributed by atoms with E-state index in [0.717, 1.165) is 12.1 Å². The molecule has 0 spiro atoms. The molecule has 0 aliphatic rings. The molecule has 0 bridgehead atoms. The Morgan fingerprint density at radius 1 is 0.848 bits per heavy atom. The highest BCUT2D eigenvalue weighted by molar-refractivity contribution is 5.89. The highest BCUT2D eigenvalue weighted by Gasteiger charge is 2.90. The topological polar surface area (TPSA) is 46.5 Å². The number of hydrogen-bond donors (Lipinski definition) is 1. The van der Waals surface area contributed by atoms with Gasteiger partial charge in [-0.2, -0.15) is 57.1 Å². The largest absolute Gasteiger partial charge is 0.462 e. The first kappa shape index (κ1) is 28.8. The number of carbonyl (C=O) groups is 1. The zero-order valence-electron chi connectivity index (χ0n) is 16.0. The van der Waals surface area contributed by atoms with Crippen LogP contribution in [0.1, 0.15) is 35.4 Å². The van der Waals surface area contributed by atoms with E-state index in [2.05, 4.69) is 4.74 Å². The average molecular weight is 512 g/mol. The Hall–Kier alpha value is -2.26. The highest BCUT2D eigenvalue weighted by Crippen LogP contribution is 2.61. The monoisotopic (exact) mass is 512 g/mol. The van der Waals surface area contributed by atoms with Crippen LogP contribution in [-0.2, 0) is 4.74 Å². The van der Waals surface area contributed by atoms with Gasteiger partial charge in [-0.1, -0.05) is 12.1 Å². The van der Waals surface area contributed by atoms with Crippen LogP contribution < -0.4 is 0 Å². The number of rotatable bonds is 9. The number of benzene rings is 1. The van der Waals surface area contributed by atoms with Gasteiger partial charge in [0.05, 0.1) is 18.3 Å². The van der Waals surface area contributed by atoms with Gasteiger partial charge >= 0.3 is 41.8 Å². The van der Waals surface area contributed by atoms with Gasteiger partial charge in [0.2, 0.25) is 0 Å². The molecule has 0 radical (unpaired) electrons. The molecule has 16 heteroatoms. The Labute approximate surface area is 176 Å². The summed E-state index contributed by atoms with van der Waals surface area (Å²) in [5.74, 6) is -38.8. The van der Waals surface area contributed by atoms with Gasteiger partial charge in [-0.05, 0) is 24.6 Å². The number of carbonyl (C=O) groups excluding carboxylic acids is 1. The first-order valence-corrected chi connectivity index (χ1v) is 8.49. The van der Waals surface area contributed by atoms with E-state index in [9.17, 15) is 67.0 Å². The minimum absolute atomic E-state index is 0.179. The molecule has 190 valence electrons. The highest BCUT2D eigenvalue weighted by atomic mass is 19.4. The molecular weight excluding hydrogens is 499 g/mol. The molecule has 1 N–H and O–H groups in total. The number of aliphatic hydroxyl groups excluding tert-OH is 1. The molecule has 33 heavy (non-hydrogen) atoms. The lowest BCUT2D eigenvalue weighted by atomic mass is 9.90. The molecule has 3 nitrogen and oxygen atoms in total. The first-order chi connectivity index (χ1) is 14.6. The van der Waals surface area contributed by atoms with Crippen molar-refractivity contribution in [2.24, 2.45) is 0 Å². The van der Waals surface area contributed by atoms with E-state index in [4.69, 9.17) is 0 Å². The van der Waals surface area contributed by atoms with E-state index in [0.29, 0.717) is 12.1 Å². The van der Waals surface area contributed by atoms with Gasteiger partial charge in [-0.3, -0.25) is 0 Å². The van der Waals surface area contributed by atoms with Crippen molar-refractivity contribution in [1.29, 1.82) is 0 Å². The standard InChI is InChI=1S/C17H13F13O3/c1-2-33-11(32)9-5-3-4-8(6-9)10(31)7-12(18,19)13(20,21)14(22,23)15(24,25)16(26,27)17(28,29)30/h3-6,10,31H,2,7H2,1H3. The molecule has 1 atom stereocenters. The minimum atomic E-state index is -8.01. The summed E-state index contributed by atoms with van der Waals surface area (Å²) in [5, 5.41) is 9.69. The molecule has 0 fully saturated rings. The van der Waals surface area contributed by atoms with Gasteiger partial charge in [-0.25, -0.2) is 4.79 Å². The van der Waals surface area contributed by atoms with Crippen molar-refractivity contribution in [3.8, 4) is 0 Å². The maximum Gasteiger partial charge on any atom is 0.460 e. The second kappa shape index (κ2) is 8.83. The lowest BCUT2D eigenvalue weighted by molar-refractivity contribution is -0.440. The molecule has 1 aromatic rings. The Morgan fingerprint density at radius 2 is 1.33 bits per heavy atom. The van der Waals surface area contributed by atoms with E-state index in [1.807, 2.05) is 0 Å². The van der Waals surface area contributed by atoms with Gasteiger partial charge in [-0.15, -0.1) is 0 Å². The molecule has 0 aromatic heterocycles. The number of hydrogen-bond acceptors (Lipinski definition) is 3. The van der Waals surface area contributed by atoms with Crippen LogP contribution in [0.2, 0.25) is 0 Å². The van der Waals surface area contributed by atoms with Crippen LogP contribution in [-0.4, -0.2) is 53.5 Å². The fraction of sp³-hybridized carbons (Fsp3) is 0.588. The minimum Gasteiger partial charge on any atom is -0.462 e. The molecule has 0 amide bonds.